The summed E-state index contributed by atoms with van der Waals surface area (Å²) in [4.78, 5) is 11.0. The second kappa shape index (κ2) is 5.58. The molecule has 0 aliphatic rings. The summed E-state index contributed by atoms with van der Waals surface area (Å²) in [7, 11) is 0. The number of aromatic nitrogens is 3. The molecule has 104 valence electrons. The molecule has 0 unspecified atom stereocenters. The van der Waals surface area contributed by atoms with Gasteiger partial charge in [0.2, 0.25) is 5.88 Å². The summed E-state index contributed by atoms with van der Waals surface area (Å²) in [5.74, 6) is 0.289. The number of hydrogen-bond donors (Lipinski definition) is 3. The Bertz CT molecular complexity index is 750. The van der Waals surface area contributed by atoms with E-state index in [2.05, 4.69) is 15.0 Å². The highest BCUT2D eigenvalue weighted by Crippen LogP contribution is 2.19. The Balaban J connectivity index is 1.86. The molecular formula is C16H14N4O. The van der Waals surface area contributed by atoms with E-state index < -0.39 is 0 Å². The molecule has 1 aromatic carbocycles. The molecule has 5 nitrogen and oxygen atoms in total. The maximum atomic E-state index is 9.94. The maximum Gasteiger partial charge on any atom is 0.233 e. The van der Waals surface area contributed by atoms with Gasteiger partial charge in [0.25, 0.3) is 0 Å². The third-order valence-corrected chi connectivity index (χ3v) is 3.19. The minimum atomic E-state index is -0.0624. The highest BCUT2D eigenvalue weighted by Gasteiger charge is 2.14. The van der Waals surface area contributed by atoms with Gasteiger partial charge in [0.05, 0.1) is 5.69 Å². The number of rotatable bonds is 4. The van der Waals surface area contributed by atoms with E-state index in [1.807, 2.05) is 30.3 Å². The lowest BCUT2D eigenvalue weighted by Crippen LogP contribution is -2.04. The highest BCUT2D eigenvalue weighted by atomic mass is 16.3. The van der Waals surface area contributed by atoms with Gasteiger partial charge in [-0.15, -0.1) is 0 Å². The zero-order valence-corrected chi connectivity index (χ0v) is 11.2. The largest absolute Gasteiger partial charge is 0.492 e. The normalized spacial score (nSPS) is 10.5. The van der Waals surface area contributed by atoms with E-state index in [0.717, 1.165) is 5.56 Å². The predicted molar refractivity (Wildman–Crippen MR) is 79.7 cm³/mol. The summed E-state index contributed by atoms with van der Waals surface area (Å²) in [5, 5.41) is 18.1. The van der Waals surface area contributed by atoms with Crippen LogP contribution >= 0.6 is 0 Å². The number of hydrogen-bond acceptors (Lipinski definition) is 4. The van der Waals surface area contributed by atoms with Crippen molar-refractivity contribution in [1.29, 1.82) is 5.41 Å². The fourth-order valence-corrected chi connectivity index (χ4v) is 2.10. The molecule has 0 aliphatic carbocycles. The lowest BCUT2D eigenvalue weighted by Gasteiger charge is -2.00. The summed E-state index contributed by atoms with van der Waals surface area (Å²) in [6.07, 6.45) is 3.79. The van der Waals surface area contributed by atoms with Gasteiger partial charge in [-0.1, -0.05) is 30.3 Å². The SMILES string of the molecule is N=C(c1ccncc1)c1nc(O)c(Cc2ccccc2)[nH]1. The van der Waals surface area contributed by atoms with Crippen molar-refractivity contribution in [1.82, 2.24) is 15.0 Å². The molecule has 0 bridgehead atoms. The first-order chi connectivity index (χ1) is 10.2. The molecule has 5 heteroatoms. The van der Waals surface area contributed by atoms with Crippen LogP contribution in [0.25, 0.3) is 0 Å². The molecular weight excluding hydrogens is 264 g/mol. The topological polar surface area (TPSA) is 85.7 Å². The standard InChI is InChI=1S/C16H14N4O/c17-14(12-6-8-18-9-7-12)15-19-13(16(21)20-15)10-11-4-2-1-3-5-11/h1-9,17,21H,10H2,(H,19,20). The molecule has 2 aromatic heterocycles. The third kappa shape index (κ3) is 2.81. The zero-order valence-electron chi connectivity index (χ0n) is 11.2. The minimum Gasteiger partial charge on any atom is -0.492 e. The molecule has 0 amide bonds. The molecule has 0 aliphatic heterocycles. The van der Waals surface area contributed by atoms with Crippen LogP contribution < -0.4 is 0 Å². The fraction of sp³-hybridized carbons (Fsp3) is 0.0625. The van der Waals surface area contributed by atoms with Crippen molar-refractivity contribution in [3.05, 3.63) is 77.5 Å². The summed E-state index contributed by atoms with van der Waals surface area (Å²) < 4.78 is 0. The van der Waals surface area contributed by atoms with Gasteiger partial charge in [0, 0.05) is 24.4 Å². The van der Waals surface area contributed by atoms with E-state index in [0.29, 0.717) is 23.5 Å². The first-order valence-electron chi connectivity index (χ1n) is 6.55. The van der Waals surface area contributed by atoms with Crippen LogP contribution in [0.3, 0.4) is 0 Å². The number of aromatic hydroxyl groups is 1. The predicted octanol–water partition coefficient (Wildman–Crippen LogP) is 2.52. The molecule has 0 atom stereocenters. The summed E-state index contributed by atoms with van der Waals surface area (Å²) in [5.41, 5.74) is 2.60. The van der Waals surface area contributed by atoms with Crippen LogP contribution in [0.1, 0.15) is 22.6 Å². The van der Waals surface area contributed by atoms with Gasteiger partial charge < -0.3 is 10.1 Å². The molecule has 0 fully saturated rings. The monoisotopic (exact) mass is 278 g/mol. The van der Waals surface area contributed by atoms with E-state index in [-0.39, 0.29) is 11.6 Å². The van der Waals surface area contributed by atoms with Crippen LogP contribution in [-0.4, -0.2) is 25.8 Å². The van der Waals surface area contributed by atoms with E-state index in [9.17, 15) is 5.11 Å². The van der Waals surface area contributed by atoms with E-state index in [4.69, 9.17) is 5.41 Å². The van der Waals surface area contributed by atoms with Crippen molar-refractivity contribution in [2.24, 2.45) is 0 Å². The van der Waals surface area contributed by atoms with Crippen LogP contribution in [0.5, 0.6) is 5.88 Å². The Kier molecular flexibility index (Phi) is 3.47. The number of nitrogens with one attached hydrogen (secondary N) is 2. The molecule has 3 rings (SSSR count). The average Bonchev–Trinajstić information content (AvgIpc) is 2.89. The zero-order chi connectivity index (χ0) is 14.7. The Morgan fingerprint density at radius 3 is 2.52 bits per heavy atom. The van der Waals surface area contributed by atoms with Gasteiger partial charge in [-0.2, -0.15) is 4.98 Å². The lowest BCUT2D eigenvalue weighted by atomic mass is 10.1. The van der Waals surface area contributed by atoms with Gasteiger partial charge in [0.15, 0.2) is 5.82 Å². The van der Waals surface area contributed by atoms with Crippen molar-refractivity contribution in [2.45, 2.75) is 6.42 Å². The minimum absolute atomic E-state index is 0.0624. The van der Waals surface area contributed by atoms with Crippen LogP contribution in [0, 0.1) is 5.41 Å². The summed E-state index contributed by atoms with van der Waals surface area (Å²) >= 11 is 0. The smallest absolute Gasteiger partial charge is 0.233 e. The Morgan fingerprint density at radius 2 is 1.81 bits per heavy atom. The number of H-pyrrole nitrogens is 1. The summed E-state index contributed by atoms with van der Waals surface area (Å²) in [6.45, 7) is 0. The quantitative estimate of drug-likeness (QED) is 0.641. The molecule has 0 saturated carbocycles. The number of pyridine rings is 1. The van der Waals surface area contributed by atoms with Gasteiger partial charge in [-0.05, 0) is 17.7 Å². The van der Waals surface area contributed by atoms with Gasteiger partial charge in [-0.25, -0.2) is 0 Å². The second-order valence-corrected chi connectivity index (χ2v) is 4.66. The van der Waals surface area contributed by atoms with Crippen molar-refractivity contribution < 1.29 is 5.11 Å². The van der Waals surface area contributed by atoms with Crippen molar-refractivity contribution >= 4 is 5.71 Å². The molecule has 0 spiro atoms. The number of imidazole rings is 1. The van der Waals surface area contributed by atoms with E-state index >= 15 is 0 Å². The maximum absolute atomic E-state index is 9.94. The number of nitrogens with zero attached hydrogens (tertiary/aromatic N) is 2. The second-order valence-electron chi connectivity index (χ2n) is 4.66. The molecule has 0 radical (unpaired) electrons. The number of benzene rings is 1. The Hall–Kier alpha value is -2.95. The third-order valence-electron chi connectivity index (χ3n) is 3.19. The molecule has 0 saturated heterocycles. The first-order valence-corrected chi connectivity index (χ1v) is 6.55. The lowest BCUT2D eigenvalue weighted by molar-refractivity contribution is 0.450. The van der Waals surface area contributed by atoms with Gasteiger partial charge in [-0.3, -0.25) is 10.4 Å². The highest BCUT2D eigenvalue weighted by molar-refractivity contribution is 6.08. The van der Waals surface area contributed by atoms with Crippen LogP contribution in [0.15, 0.2) is 54.9 Å². The Morgan fingerprint density at radius 1 is 1.10 bits per heavy atom. The molecule has 2 heterocycles. The van der Waals surface area contributed by atoms with Crippen molar-refractivity contribution in [3.63, 3.8) is 0 Å². The summed E-state index contributed by atoms with van der Waals surface area (Å²) in [6, 6.07) is 13.3. The van der Waals surface area contributed by atoms with Gasteiger partial charge in [0.1, 0.15) is 5.71 Å². The molecule has 3 N–H and O–H groups in total. The van der Waals surface area contributed by atoms with Crippen molar-refractivity contribution in [3.8, 4) is 5.88 Å². The fourth-order valence-electron chi connectivity index (χ4n) is 2.10. The van der Waals surface area contributed by atoms with Crippen LogP contribution in [0.4, 0.5) is 0 Å². The molecule has 3 aromatic rings. The average molecular weight is 278 g/mol. The number of aromatic amines is 1. The van der Waals surface area contributed by atoms with E-state index in [1.54, 1.807) is 24.5 Å². The van der Waals surface area contributed by atoms with Crippen molar-refractivity contribution in [2.75, 3.05) is 0 Å². The molecule has 21 heavy (non-hydrogen) atoms. The van der Waals surface area contributed by atoms with Gasteiger partial charge >= 0.3 is 0 Å². The Labute approximate surface area is 121 Å². The van der Waals surface area contributed by atoms with Crippen LogP contribution in [-0.2, 0) is 6.42 Å². The van der Waals surface area contributed by atoms with E-state index in [1.165, 1.54) is 0 Å². The van der Waals surface area contributed by atoms with Crippen LogP contribution in [0.2, 0.25) is 0 Å². The first kappa shape index (κ1) is 13.1.